The molecule has 1 saturated heterocycles. The van der Waals surface area contributed by atoms with Gasteiger partial charge < -0.3 is 14.5 Å². The van der Waals surface area contributed by atoms with Gasteiger partial charge in [0.2, 0.25) is 5.91 Å². The highest BCUT2D eigenvalue weighted by atomic mass is 32.1. The van der Waals surface area contributed by atoms with Crippen molar-refractivity contribution in [2.24, 2.45) is 7.05 Å². The van der Waals surface area contributed by atoms with Crippen LogP contribution < -0.4 is 10.2 Å². The number of hydrogen-bond acceptors (Lipinski definition) is 7. The van der Waals surface area contributed by atoms with Gasteiger partial charge in [-0.05, 0) is 43.5 Å². The lowest BCUT2D eigenvalue weighted by molar-refractivity contribution is -0.118. The van der Waals surface area contributed by atoms with Crippen molar-refractivity contribution in [2.75, 3.05) is 18.1 Å². The Morgan fingerprint density at radius 3 is 2.94 bits per heavy atom. The van der Waals surface area contributed by atoms with Crippen LogP contribution in [-0.2, 0) is 29.5 Å². The molecule has 1 aliphatic rings. The summed E-state index contributed by atoms with van der Waals surface area (Å²) >= 11 is 1.20. The Bertz CT molecular complexity index is 1330. The second-order valence-electron chi connectivity index (χ2n) is 8.63. The molecule has 0 aromatic carbocycles. The van der Waals surface area contributed by atoms with E-state index in [1.165, 1.54) is 17.5 Å². The predicted molar refractivity (Wildman–Crippen MR) is 131 cm³/mol. The van der Waals surface area contributed by atoms with Crippen LogP contribution in [0.5, 0.6) is 0 Å². The third-order valence-electron chi connectivity index (χ3n) is 6.07. The van der Waals surface area contributed by atoms with Gasteiger partial charge in [-0.2, -0.15) is 5.10 Å². The maximum absolute atomic E-state index is 13.3. The predicted octanol–water partition coefficient (Wildman–Crippen LogP) is 2.52. The quantitative estimate of drug-likeness (QED) is 0.404. The molecule has 1 N–H and O–H groups in total. The van der Waals surface area contributed by atoms with E-state index in [0.717, 1.165) is 29.7 Å². The van der Waals surface area contributed by atoms with Crippen molar-refractivity contribution in [3.63, 3.8) is 0 Å². The summed E-state index contributed by atoms with van der Waals surface area (Å²) in [7, 11) is 1.85. The molecule has 5 heterocycles. The molecule has 11 heteroatoms. The number of imidazole rings is 1. The highest BCUT2D eigenvalue weighted by Crippen LogP contribution is 2.26. The first-order valence-corrected chi connectivity index (χ1v) is 12.3. The number of ether oxygens (including phenoxy) is 1. The number of rotatable bonds is 8. The van der Waals surface area contributed by atoms with Crippen molar-refractivity contribution in [3.8, 4) is 0 Å². The molecule has 1 aliphatic heterocycles. The summed E-state index contributed by atoms with van der Waals surface area (Å²) < 4.78 is 9.43. The van der Waals surface area contributed by atoms with E-state index < -0.39 is 0 Å². The zero-order chi connectivity index (χ0) is 24.4. The number of carbonyl (C=O) groups excluding carboxylic acids is 2. The van der Waals surface area contributed by atoms with E-state index in [-0.39, 0.29) is 24.3 Å². The fraction of sp³-hybridized carbons (Fsp3) is 0.375. The molecule has 1 fully saturated rings. The first-order valence-electron chi connectivity index (χ1n) is 11.5. The SMILES string of the molecule is Cc1cc(CC(=O)N(C[C@H]2CCCO2)c2ncc(C(=O)NCc3ccn4ccnc4c3)s2)nn1C. The first-order chi connectivity index (χ1) is 17.0. The molecule has 0 radical (unpaired) electrons. The average Bonchev–Trinajstić information content (AvgIpc) is 3.64. The van der Waals surface area contributed by atoms with Crippen molar-refractivity contribution in [1.29, 1.82) is 0 Å². The number of anilines is 1. The van der Waals surface area contributed by atoms with Crippen LogP contribution in [0.25, 0.3) is 5.65 Å². The maximum Gasteiger partial charge on any atom is 0.263 e. The molecule has 0 saturated carbocycles. The van der Waals surface area contributed by atoms with E-state index in [1.807, 2.05) is 49.0 Å². The minimum Gasteiger partial charge on any atom is -0.376 e. The normalized spacial score (nSPS) is 15.5. The van der Waals surface area contributed by atoms with Crippen LogP contribution in [0.1, 0.15) is 39.5 Å². The summed E-state index contributed by atoms with van der Waals surface area (Å²) in [6, 6.07) is 5.78. The number of aromatic nitrogens is 5. The van der Waals surface area contributed by atoms with Crippen LogP contribution in [0.3, 0.4) is 0 Å². The number of pyridine rings is 1. The lowest BCUT2D eigenvalue weighted by atomic mass is 10.2. The number of nitrogens with zero attached hydrogens (tertiary/aromatic N) is 6. The number of thiazole rings is 1. The van der Waals surface area contributed by atoms with E-state index in [9.17, 15) is 9.59 Å². The maximum atomic E-state index is 13.3. The number of carbonyl (C=O) groups is 2. The minimum absolute atomic E-state index is 0.0387. The van der Waals surface area contributed by atoms with Gasteiger partial charge in [-0.25, -0.2) is 9.97 Å². The van der Waals surface area contributed by atoms with Gasteiger partial charge in [-0.1, -0.05) is 11.3 Å². The summed E-state index contributed by atoms with van der Waals surface area (Å²) in [6.07, 6.45) is 9.02. The van der Waals surface area contributed by atoms with Gasteiger partial charge in [0.15, 0.2) is 5.13 Å². The van der Waals surface area contributed by atoms with E-state index in [0.29, 0.717) is 35.4 Å². The Morgan fingerprint density at radius 1 is 1.29 bits per heavy atom. The Hall–Kier alpha value is -3.57. The van der Waals surface area contributed by atoms with Crippen molar-refractivity contribution < 1.29 is 14.3 Å². The zero-order valence-corrected chi connectivity index (χ0v) is 20.5. The Labute approximate surface area is 206 Å². The van der Waals surface area contributed by atoms with Crippen LogP contribution in [0.2, 0.25) is 0 Å². The third-order valence-corrected chi connectivity index (χ3v) is 7.09. The molecule has 5 rings (SSSR count). The molecule has 0 aliphatic carbocycles. The first kappa shape index (κ1) is 23.2. The van der Waals surface area contributed by atoms with Crippen LogP contribution in [0.4, 0.5) is 5.13 Å². The van der Waals surface area contributed by atoms with Crippen LogP contribution >= 0.6 is 11.3 Å². The van der Waals surface area contributed by atoms with Crippen molar-refractivity contribution >= 4 is 33.9 Å². The van der Waals surface area contributed by atoms with Crippen LogP contribution in [-0.4, -0.2) is 55.2 Å². The largest absolute Gasteiger partial charge is 0.376 e. The van der Waals surface area contributed by atoms with Crippen molar-refractivity contribution in [2.45, 2.75) is 38.8 Å². The van der Waals surface area contributed by atoms with Gasteiger partial charge in [-0.3, -0.25) is 19.2 Å². The molecular formula is C24H27N7O3S. The van der Waals surface area contributed by atoms with Crippen LogP contribution in [0.15, 0.2) is 43.0 Å². The third kappa shape index (κ3) is 5.25. The molecule has 35 heavy (non-hydrogen) atoms. The summed E-state index contributed by atoms with van der Waals surface area (Å²) in [5.74, 6) is -0.352. The molecule has 4 aromatic heterocycles. The highest BCUT2D eigenvalue weighted by molar-refractivity contribution is 7.17. The molecule has 10 nitrogen and oxygen atoms in total. The smallest absolute Gasteiger partial charge is 0.263 e. The molecule has 0 spiro atoms. The molecular weight excluding hydrogens is 466 g/mol. The minimum atomic E-state index is -0.234. The second kappa shape index (κ2) is 9.96. The molecule has 0 bridgehead atoms. The number of aryl methyl sites for hydroxylation is 2. The molecule has 1 atom stereocenters. The van der Waals surface area contributed by atoms with E-state index in [2.05, 4.69) is 20.4 Å². The zero-order valence-electron chi connectivity index (χ0n) is 19.7. The lowest BCUT2D eigenvalue weighted by Crippen LogP contribution is -2.38. The fourth-order valence-corrected chi connectivity index (χ4v) is 4.94. The number of hydrogen-bond donors (Lipinski definition) is 1. The van der Waals surface area contributed by atoms with Crippen molar-refractivity contribution in [3.05, 3.63) is 64.8 Å². The standard InChI is InChI=1S/C24H27N7O3S/c1-16-10-18(28-29(16)2)12-22(32)31(15-19-4-3-9-34-19)24-27-14-20(35-24)23(33)26-13-17-5-7-30-8-6-25-21(30)11-17/h5-8,10-11,14,19H,3-4,9,12-13,15H2,1-2H3,(H,26,33)/t19-/m1/s1. The average molecular weight is 494 g/mol. The molecule has 182 valence electrons. The van der Waals surface area contributed by atoms with E-state index >= 15 is 0 Å². The molecule has 0 unspecified atom stereocenters. The Morgan fingerprint density at radius 2 is 2.17 bits per heavy atom. The Kier molecular flexibility index (Phi) is 6.60. The van der Waals surface area contributed by atoms with Crippen molar-refractivity contribution in [1.82, 2.24) is 29.5 Å². The summed E-state index contributed by atoms with van der Waals surface area (Å²) in [5.41, 5.74) is 3.46. The topological polar surface area (TPSA) is 107 Å². The van der Waals surface area contributed by atoms with Crippen LogP contribution in [0, 0.1) is 6.92 Å². The number of amides is 2. The second-order valence-corrected chi connectivity index (χ2v) is 9.64. The highest BCUT2D eigenvalue weighted by Gasteiger charge is 2.27. The number of nitrogens with one attached hydrogen (secondary N) is 1. The van der Waals surface area contributed by atoms with Gasteiger partial charge in [0, 0.05) is 44.5 Å². The molecule has 4 aromatic rings. The lowest BCUT2D eigenvalue weighted by Gasteiger charge is -2.22. The van der Waals surface area contributed by atoms with E-state index in [1.54, 1.807) is 15.8 Å². The van der Waals surface area contributed by atoms with Gasteiger partial charge in [-0.15, -0.1) is 0 Å². The summed E-state index contributed by atoms with van der Waals surface area (Å²) in [4.78, 5) is 36.9. The van der Waals surface area contributed by atoms with E-state index in [4.69, 9.17) is 4.74 Å². The summed E-state index contributed by atoms with van der Waals surface area (Å²) in [6.45, 7) is 3.42. The fourth-order valence-electron chi connectivity index (χ4n) is 4.08. The summed E-state index contributed by atoms with van der Waals surface area (Å²) in [5, 5.41) is 7.83. The van der Waals surface area contributed by atoms with Gasteiger partial charge >= 0.3 is 0 Å². The number of fused-ring (bicyclic) bond motifs is 1. The Balaban J connectivity index is 1.28. The van der Waals surface area contributed by atoms with Gasteiger partial charge in [0.05, 0.1) is 31.0 Å². The van der Waals surface area contributed by atoms with Gasteiger partial charge in [0.1, 0.15) is 10.5 Å². The monoisotopic (exact) mass is 493 g/mol. The molecule has 2 amide bonds. The van der Waals surface area contributed by atoms with Gasteiger partial charge in [0.25, 0.3) is 5.91 Å².